The summed E-state index contributed by atoms with van der Waals surface area (Å²) in [5.74, 6) is 0. The van der Waals surface area contributed by atoms with Crippen LogP contribution in [0.25, 0.3) is 0 Å². The van der Waals surface area contributed by atoms with Crippen molar-refractivity contribution in [3.8, 4) is 0 Å². The van der Waals surface area contributed by atoms with Gasteiger partial charge < -0.3 is 19.5 Å². The lowest BCUT2D eigenvalue weighted by atomic mass is 10.1. The van der Waals surface area contributed by atoms with Gasteiger partial charge in [-0.2, -0.15) is 0 Å². The molecular formula is C17H20ClN3O2. The number of aromatic nitrogens is 1. The summed E-state index contributed by atoms with van der Waals surface area (Å²) in [6.45, 7) is 3.46. The van der Waals surface area contributed by atoms with Gasteiger partial charge in [0.15, 0.2) is 0 Å². The highest BCUT2D eigenvalue weighted by Gasteiger charge is 2.24. The summed E-state index contributed by atoms with van der Waals surface area (Å²) in [7, 11) is 1.75. The van der Waals surface area contributed by atoms with E-state index in [1.807, 2.05) is 24.3 Å². The maximum atomic E-state index is 11.9. The lowest BCUT2D eigenvalue weighted by molar-refractivity contribution is 0.114. The number of carbonyl (C=O) groups excluding carboxylic acids is 1. The number of carbonyl (C=O) groups is 1. The molecule has 1 aliphatic heterocycles. The molecule has 2 heterocycles. The molecule has 1 amide bonds. The fourth-order valence-corrected chi connectivity index (χ4v) is 3.05. The van der Waals surface area contributed by atoms with Crippen LogP contribution >= 0.6 is 11.6 Å². The SMILES string of the molecule is CCOC(=O)N(C)CC1Nc2cc(Cl)ccc2Cn2cccc21. The van der Waals surface area contributed by atoms with Crippen LogP contribution in [0.5, 0.6) is 0 Å². The molecule has 0 radical (unpaired) electrons. The summed E-state index contributed by atoms with van der Waals surface area (Å²) >= 11 is 6.13. The molecule has 5 nitrogen and oxygen atoms in total. The Labute approximate surface area is 140 Å². The Morgan fingerprint density at radius 1 is 1.48 bits per heavy atom. The summed E-state index contributed by atoms with van der Waals surface area (Å²) in [6.07, 6.45) is 1.74. The predicted octanol–water partition coefficient (Wildman–Crippen LogP) is 3.74. The number of benzene rings is 1. The van der Waals surface area contributed by atoms with Crippen molar-refractivity contribution in [1.29, 1.82) is 0 Å². The molecule has 0 fully saturated rings. The zero-order valence-corrected chi connectivity index (χ0v) is 14.0. The Kier molecular flexibility index (Phi) is 4.48. The van der Waals surface area contributed by atoms with E-state index in [4.69, 9.17) is 16.3 Å². The average Bonchev–Trinajstić information content (AvgIpc) is 2.92. The van der Waals surface area contributed by atoms with Crippen molar-refractivity contribution in [2.24, 2.45) is 0 Å². The minimum absolute atomic E-state index is 0.0286. The van der Waals surface area contributed by atoms with Gasteiger partial charge in [0.05, 0.1) is 12.6 Å². The van der Waals surface area contributed by atoms with Gasteiger partial charge >= 0.3 is 6.09 Å². The fraction of sp³-hybridized carbons (Fsp3) is 0.353. The van der Waals surface area contributed by atoms with Crippen LogP contribution in [-0.4, -0.2) is 35.8 Å². The van der Waals surface area contributed by atoms with Gasteiger partial charge in [0.2, 0.25) is 0 Å². The lowest BCUT2D eigenvalue weighted by Gasteiger charge is -2.25. The van der Waals surface area contributed by atoms with Gasteiger partial charge in [-0.25, -0.2) is 4.79 Å². The molecule has 1 aromatic heterocycles. The number of anilines is 1. The second-order valence-corrected chi connectivity index (χ2v) is 6.08. The van der Waals surface area contributed by atoms with E-state index in [0.29, 0.717) is 18.2 Å². The van der Waals surface area contributed by atoms with Gasteiger partial charge in [-0.15, -0.1) is 0 Å². The number of ether oxygens (including phenoxy) is 1. The number of nitrogens with one attached hydrogen (secondary N) is 1. The normalized spacial score (nSPS) is 15.9. The minimum Gasteiger partial charge on any atom is -0.450 e. The van der Waals surface area contributed by atoms with Crippen LogP contribution in [0, 0.1) is 0 Å². The van der Waals surface area contributed by atoms with Gasteiger partial charge in [-0.05, 0) is 36.8 Å². The minimum atomic E-state index is -0.317. The molecule has 122 valence electrons. The molecule has 1 atom stereocenters. The Morgan fingerprint density at radius 3 is 3.09 bits per heavy atom. The molecule has 0 aliphatic carbocycles. The lowest BCUT2D eigenvalue weighted by Crippen LogP contribution is -2.34. The first kappa shape index (κ1) is 15.7. The van der Waals surface area contributed by atoms with Crippen molar-refractivity contribution >= 4 is 23.4 Å². The third-order valence-electron chi connectivity index (χ3n) is 4.00. The molecule has 0 spiro atoms. The maximum absolute atomic E-state index is 11.9. The summed E-state index contributed by atoms with van der Waals surface area (Å²) in [6, 6.07) is 9.93. The highest BCUT2D eigenvalue weighted by molar-refractivity contribution is 6.30. The van der Waals surface area contributed by atoms with E-state index in [9.17, 15) is 4.79 Å². The second kappa shape index (κ2) is 6.54. The molecule has 1 aliphatic rings. The summed E-state index contributed by atoms with van der Waals surface area (Å²) in [5.41, 5.74) is 3.31. The summed E-state index contributed by atoms with van der Waals surface area (Å²) in [4.78, 5) is 13.5. The number of hydrogen-bond donors (Lipinski definition) is 1. The Hall–Kier alpha value is -2.14. The molecule has 1 N–H and O–H groups in total. The van der Waals surface area contributed by atoms with Crippen LogP contribution in [0.3, 0.4) is 0 Å². The topological polar surface area (TPSA) is 46.5 Å². The van der Waals surface area contributed by atoms with Crippen molar-refractivity contribution in [3.63, 3.8) is 0 Å². The van der Waals surface area contributed by atoms with Crippen molar-refractivity contribution in [2.75, 3.05) is 25.5 Å². The van der Waals surface area contributed by atoms with E-state index < -0.39 is 0 Å². The van der Waals surface area contributed by atoms with Crippen molar-refractivity contribution in [1.82, 2.24) is 9.47 Å². The molecule has 1 aromatic carbocycles. The summed E-state index contributed by atoms with van der Waals surface area (Å²) in [5, 5.41) is 4.21. The van der Waals surface area contributed by atoms with Crippen LogP contribution in [0.4, 0.5) is 10.5 Å². The number of nitrogens with zero attached hydrogens (tertiary/aromatic N) is 2. The van der Waals surface area contributed by atoms with E-state index >= 15 is 0 Å². The quantitative estimate of drug-likeness (QED) is 0.930. The largest absolute Gasteiger partial charge is 0.450 e. The Balaban J connectivity index is 1.89. The molecule has 0 bridgehead atoms. The van der Waals surface area contributed by atoms with Crippen molar-refractivity contribution in [3.05, 3.63) is 52.8 Å². The van der Waals surface area contributed by atoms with E-state index in [1.165, 1.54) is 5.56 Å². The predicted molar refractivity (Wildman–Crippen MR) is 91.0 cm³/mol. The number of halogens is 1. The van der Waals surface area contributed by atoms with Crippen LogP contribution in [0.1, 0.15) is 24.2 Å². The van der Waals surface area contributed by atoms with E-state index in [-0.39, 0.29) is 12.1 Å². The molecule has 3 rings (SSSR count). The zero-order valence-electron chi connectivity index (χ0n) is 13.3. The van der Waals surface area contributed by atoms with Gasteiger partial charge in [0, 0.05) is 42.7 Å². The number of likely N-dealkylation sites (N-methyl/N-ethyl adjacent to an activating group) is 1. The second-order valence-electron chi connectivity index (χ2n) is 5.64. The van der Waals surface area contributed by atoms with Crippen LogP contribution in [0.2, 0.25) is 5.02 Å². The molecule has 23 heavy (non-hydrogen) atoms. The van der Waals surface area contributed by atoms with Gasteiger partial charge in [-0.3, -0.25) is 0 Å². The Morgan fingerprint density at radius 2 is 2.30 bits per heavy atom. The molecular weight excluding hydrogens is 314 g/mol. The first-order valence-corrected chi connectivity index (χ1v) is 8.04. The highest BCUT2D eigenvalue weighted by atomic mass is 35.5. The number of fused-ring (bicyclic) bond motifs is 2. The molecule has 2 aromatic rings. The third kappa shape index (κ3) is 3.29. The van der Waals surface area contributed by atoms with Crippen molar-refractivity contribution < 1.29 is 9.53 Å². The molecule has 6 heteroatoms. The first-order valence-electron chi connectivity index (χ1n) is 7.66. The number of hydrogen-bond acceptors (Lipinski definition) is 3. The fourth-order valence-electron chi connectivity index (χ4n) is 2.87. The third-order valence-corrected chi connectivity index (χ3v) is 4.24. The summed E-state index contributed by atoms with van der Waals surface area (Å²) < 4.78 is 7.26. The van der Waals surface area contributed by atoms with Crippen molar-refractivity contribution in [2.45, 2.75) is 19.5 Å². The smallest absolute Gasteiger partial charge is 0.409 e. The van der Waals surface area contributed by atoms with Crippen LogP contribution < -0.4 is 5.32 Å². The maximum Gasteiger partial charge on any atom is 0.409 e. The zero-order chi connectivity index (χ0) is 16.4. The van der Waals surface area contributed by atoms with Crippen LogP contribution in [-0.2, 0) is 11.3 Å². The van der Waals surface area contributed by atoms with Gasteiger partial charge in [0.25, 0.3) is 0 Å². The standard InChI is InChI=1S/C17H20ClN3O2/c1-3-23-17(22)20(2)11-15-16-5-4-8-21(16)10-12-6-7-13(18)9-14(12)19-15/h4-9,15,19H,3,10-11H2,1-2H3. The number of amides is 1. The monoisotopic (exact) mass is 333 g/mol. The Bertz CT molecular complexity index is 714. The molecule has 0 saturated heterocycles. The van der Waals surface area contributed by atoms with E-state index in [0.717, 1.165) is 17.9 Å². The average molecular weight is 334 g/mol. The molecule has 0 saturated carbocycles. The van der Waals surface area contributed by atoms with Crippen LogP contribution in [0.15, 0.2) is 36.5 Å². The highest BCUT2D eigenvalue weighted by Crippen LogP contribution is 2.31. The van der Waals surface area contributed by atoms with Gasteiger partial charge in [0.1, 0.15) is 0 Å². The van der Waals surface area contributed by atoms with E-state index in [1.54, 1.807) is 18.9 Å². The van der Waals surface area contributed by atoms with E-state index in [2.05, 4.69) is 22.1 Å². The molecule has 1 unspecified atom stereocenters. The number of rotatable bonds is 3. The first-order chi connectivity index (χ1) is 11.1. The van der Waals surface area contributed by atoms with Gasteiger partial charge in [-0.1, -0.05) is 17.7 Å².